The zero-order valence-electron chi connectivity index (χ0n) is 13.1. The molecular weight excluding hydrogens is 264 g/mol. The molecule has 0 aliphatic heterocycles. The number of benzene rings is 3. The Morgan fingerprint density at radius 3 is 2.18 bits per heavy atom. The van der Waals surface area contributed by atoms with Crippen molar-refractivity contribution >= 4 is 16.3 Å². The van der Waals surface area contributed by atoms with Gasteiger partial charge in [-0.1, -0.05) is 85.0 Å². The van der Waals surface area contributed by atoms with Crippen LogP contribution >= 0.6 is 0 Å². The van der Waals surface area contributed by atoms with Crippen LogP contribution in [0.2, 0.25) is 0 Å². The molecule has 0 aliphatic rings. The third-order valence-corrected chi connectivity index (χ3v) is 3.96. The maximum absolute atomic E-state index is 2.21. The molecule has 0 bridgehead atoms. The fourth-order valence-electron chi connectivity index (χ4n) is 2.96. The Balaban J connectivity index is 2.36. The molecule has 0 aromatic heterocycles. The summed E-state index contributed by atoms with van der Waals surface area (Å²) in [6.45, 7) is 4.16. The first-order valence-corrected chi connectivity index (χ1v) is 7.71. The van der Waals surface area contributed by atoms with Gasteiger partial charge in [0.05, 0.1) is 0 Å². The average molecular weight is 284 g/mol. The lowest BCUT2D eigenvalue weighted by Crippen LogP contribution is -1.88. The summed E-state index contributed by atoms with van der Waals surface area (Å²) in [6.07, 6.45) is 6.45. The van der Waals surface area contributed by atoms with E-state index >= 15 is 0 Å². The summed E-state index contributed by atoms with van der Waals surface area (Å²) in [5.74, 6) is 0. The highest BCUT2D eigenvalue weighted by atomic mass is 14.1. The lowest BCUT2D eigenvalue weighted by atomic mass is 9.91. The van der Waals surface area contributed by atoms with Crippen LogP contribution in [0.3, 0.4) is 0 Å². The van der Waals surface area contributed by atoms with Crippen LogP contribution in [0.1, 0.15) is 19.4 Å². The standard InChI is InChI=1S/C22H20/c1-3-10-17(4-2)20-15-8-13-19-14-9-16-21(22(19)20)18-11-6-5-7-12-18/h3-16H,1-2H3/b10-3-,17-4+. The maximum atomic E-state index is 2.21. The van der Waals surface area contributed by atoms with E-state index in [1.807, 2.05) is 0 Å². The Morgan fingerprint density at radius 1 is 0.773 bits per heavy atom. The van der Waals surface area contributed by atoms with Gasteiger partial charge in [0.2, 0.25) is 0 Å². The third kappa shape index (κ3) is 2.60. The summed E-state index contributed by atoms with van der Waals surface area (Å²) in [5.41, 5.74) is 5.10. The molecule has 3 aromatic rings. The van der Waals surface area contributed by atoms with Crippen molar-refractivity contribution in [1.82, 2.24) is 0 Å². The molecule has 0 atom stereocenters. The minimum atomic E-state index is 1.26. The zero-order chi connectivity index (χ0) is 15.4. The van der Waals surface area contributed by atoms with Crippen LogP contribution in [0.5, 0.6) is 0 Å². The van der Waals surface area contributed by atoms with Gasteiger partial charge in [-0.3, -0.25) is 0 Å². The van der Waals surface area contributed by atoms with Crippen LogP contribution in [0.15, 0.2) is 85.0 Å². The van der Waals surface area contributed by atoms with Gasteiger partial charge in [0.1, 0.15) is 0 Å². The normalized spacial score (nSPS) is 12.2. The molecule has 0 saturated heterocycles. The number of hydrogen-bond donors (Lipinski definition) is 0. The largest absolute Gasteiger partial charge is 0.0871 e. The van der Waals surface area contributed by atoms with Gasteiger partial charge in [0, 0.05) is 0 Å². The van der Waals surface area contributed by atoms with Gasteiger partial charge >= 0.3 is 0 Å². The van der Waals surface area contributed by atoms with Crippen molar-refractivity contribution in [2.45, 2.75) is 13.8 Å². The van der Waals surface area contributed by atoms with E-state index in [0.29, 0.717) is 0 Å². The Labute approximate surface area is 132 Å². The van der Waals surface area contributed by atoms with E-state index in [2.05, 4.69) is 98.8 Å². The average Bonchev–Trinajstić information content (AvgIpc) is 2.59. The molecule has 108 valence electrons. The molecule has 3 rings (SSSR count). The Hall–Kier alpha value is -2.60. The van der Waals surface area contributed by atoms with E-state index in [9.17, 15) is 0 Å². The first-order valence-electron chi connectivity index (χ1n) is 7.71. The molecular formula is C22H20. The minimum Gasteiger partial charge on any atom is -0.0871 e. The molecule has 0 fully saturated rings. The van der Waals surface area contributed by atoms with E-state index in [4.69, 9.17) is 0 Å². The molecule has 0 saturated carbocycles. The summed E-state index contributed by atoms with van der Waals surface area (Å²) < 4.78 is 0. The first kappa shape index (κ1) is 14.3. The monoisotopic (exact) mass is 284 g/mol. The smallest absolute Gasteiger partial charge is 0.00269 e. The van der Waals surface area contributed by atoms with Gasteiger partial charge in [-0.2, -0.15) is 0 Å². The SMILES string of the molecule is C/C=C\C(=C/C)c1cccc2cccc(-c3ccccc3)c12. The van der Waals surface area contributed by atoms with Crippen LogP contribution < -0.4 is 0 Å². The fourth-order valence-corrected chi connectivity index (χ4v) is 2.96. The molecule has 0 spiro atoms. The van der Waals surface area contributed by atoms with E-state index < -0.39 is 0 Å². The molecule has 0 radical (unpaired) electrons. The second-order valence-corrected chi connectivity index (χ2v) is 5.32. The second-order valence-electron chi connectivity index (χ2n) is 5.32. The van der Waals surface area contributed by atoms with Gasteiger partial charge in [-0.25, -0.2) is 0 Å². The van der Waals surface area contributed by atoms with Gasteiger partial charge in [0.25, 0.3) is 0 Å². The molecule has 0 N–H and O–H groups in total. The summed E-state index contributed by atoms with van der Waals surface area (Å²) in [7, 11) is 0. The number of rotatable bonds is 3. The molecule has 0 heteroatoms. The lowest BCUT2D eigenvalue weighted by Gasteiger charge is -2.13. The third-order valence-electron chi connectivity index (χ3n) is 3.96. The highest BCUT2D eigenvalue weighted by Gasteiger charge is 2.09. The molecule has 0 amide bonds. The number of hydrogen-bond acceptors (Lipinski definition) is 0. The van der Waals surface area contributed by atoms with Crippen molar-refractivity contribution < 1.29 is 0 Å². The molecule has 0 heterocycles. The van der Waals surface area contributed by atoms with Crippen LogP contribution in [0.25, 0.3) is 27.5 Å². The van der Waals surface area contributed by atoms with Gasteiger partial charge in [0.15, 0.2) is 0 Å². The fraction of sp³-hybridized carbons (Fsp3) is 0.0909. The summed E-state index contributed by atoms with van der Waals surface area (Å²) in [6, 6.07) is 23.7. The van der Waals surface area contributed by atoms with Gasteiger partial charge in [-0.05, 0) is 46.9 Å². The summed E-state index contributed by atoms with van der Waals surface area (Å²) in [4.78, 5) is 0. The van der Waals surface area contributed by atoms with E-state index in [1.165, 1.54) is 33.0 Å². The van der Waals surface area contributed by atoms with Crippen LogP contribution in [0.4, 0.5) is 0 Å². The highest BCUT2D eigenvalue weighted by Crippen LogP contribution is 2.34. The first-order chi connectivity index (χ1) is 10.8. The predicted octanol–water partition coefficient (Wildman–Crippen LogP) is 6.49. The Kier molecular flexibility index (Phi) is 4.20. The van der Waals surface area contributed by atoms with E-state index in [0.717, 1.165) is 0 Å². The topological polar surface area (TPSA) is 0 Å². The van der Waals surface area contributed by atoms with Crippen molar-refractivity contribution in [1.29, 1.82) is 0 Å². The Morgan fingerprint density at radius 2 is 1.50 bits per heavy atom. The second kappa shape index (κ2) is 6.44. The zero-order valence-corrected chi connectivity index (χ0v) is 13.1. The van der Waals surface area contributed by atoms with Crippen molar-refractivity contribution in [3.63, 3.8) is 0 Å². The van der Waals surface area contributed by atoms with Crippen LogP contribution in [0, 0.1) is 0 Å². The molecule has 22 heavy (non-hydrogen) atoms. The van der Waals surface area contributed by atoms with Gasteiger partial charge in [-0.15, -0.1) is 0 Å². The van der Waals surface area contributed by atoms with Crippen LogP contribution in [-0.2, 0) is 0 Å². The van der Waals surface area contributed by atoms with Crippen LogP contribution in [-0.4, -0.2) is 0 Å². The molecule has 0 aliphatic carbocycles. The minimum absolute atomic E-state index is 1.26. The Bertz CT molecular complexity index is 831. The lowest BCUT2D eigenvalue weighted by molar-refractivity contribution is 1.60. The molecule has 0 unspecified atom stereocenters. The molecule has 3 aromatic carbocycles. The summed E-state index contributed by atoms with van der Waals surface area (Å²) >= 11 is 0. The highest BCUT2D eigenvalue weighted by molar-refractivity contribution is 6.05. The van der Waals surface area contributed by atoms with Gasteiger partial charge < -0.3 is 0 Å². The molecule has 0 nitrogen and oxygen atoms in total. The van der Waals surface area contributed by atoms with Crippen molar-refractivity contribution in [2.24, 2.45) is 0 Å². The van der Waals surface area contributed by atoms with Crippen molar-refractivity contribution in [2.75, 3.05) is 0 Å². The predicted molar refractivity (Wildman–Crippen MR) is 97.8 cm³/mol. The maximum Gasteiger partial charge on any atom is -0.00269 e. The van der Waals surface area contributed by atoms with E-state index in [1.54, 1.807) is 0 Å². The van der Waals surface area contributed by atoms with Crippen molar-refractivity contribution in [3.05, 3.63) is 90.5 Å². The van der Waals surface area contributed by atoms with E-state index in [-0.39, 0.29) is 0 Å². The van der Waals surface area contributed by atoms with Crippen molar-refractivity contribution in [3.8, 4) is 11.1 Å². The summed E-state index contributed by atoms with van der Waals surface area (Å²) in [5, 5.41) is 2.60. The number of fused-ring (bicyclic) bond motifs is 1. The quantitative estimate of drug-likeness (QED) is 0.482. The number of allylic oxidation sites excluding steroid dienone is 4.